The Morgan fingerprint density at radius 1 is 1.18 bits per heavy atom. The minimum absolute atomic E-state index is 0.00631. The van der Waals surface area contributed by atoms with E-state index in [9.17, 15) is 4.39 Å². The zero-order chi connectivity index (χ0) is 8.85. The molecule has 1 heteroatoms. The van der Waals surface area contributed by atoms with Crippen LogP contribution in [0.1, 0.15) is 27.7 Å². The Morgan fingerprint density at radius 3 is 2.09 bits per heavy atom. The van der Waals surface area contributed by atoms with Gasteiger partial charge in [-0.1, -0.05) is 39.8 Å². The van der Waals surface area contributed by atoms with E-state index in [0.29, 0.717) is 5.92 Å². The van der Waals surface area contributed by atoms with Crippen molar-refractivity contribution in [3.05, 3.63) is 24.1 Å². The van der Waals surface area contributed by atoms with Gasteiger partial charge in [-0.05, 0) is 12.0 Å². The molecule has 0 atom stereocenters. The standard InChI is InChI=1S/C10H17F/c1-8(2)6-5-7-10(11)9(3)4/h5-9H,1-4H3/b6-5+,10-7-. The third-order valence-electron chi connectivity index (χ3n) is 1.30. The highest BCUT2D eigenvalue weighted by molar-refractivity contribution is 5.08. The van der Waals surface area contributed by atoms with E-state index >= 15 is 0 Å². The summed E-state index contributed by atoms with van der Waals surface area (Å²) in [4.78, 5) is 0. The molecule has 0 rings (SSSR count). The van der Waals surface area contributed by atoms with Crippen LogP contribution in [0.25, 0.3) is 0 Å². The SMILES string of the molecule is CC(C)/C=C/C=C(\F)C(C)C. The molecule has 0 radical (unpaired) electrons. The Bertz CT molecular complexity index is 152. The van der Waals surface area contributed by atoms with Crippen LogP contribution in [-0.2, 0) is 0 Å². The van der Waals surface area contributed by atoms with Crippen LogP contribution in [0.2, 0.25) is 0 Å². The fraction of sp³-hybridized carbons (Fsp3) is 0.600. The summed E-state index contributed by atoms with van der Waals surface area (Å²) in [6.07, 6.45) is 5.28. The lowest BCUT2D eigenvalue weighted by Crippen LogP contribution is -1.85. The largest absolute Gasteiger partial charge is 0.212 e. The molecule has 64 valence electrons. The Hall–Kier alpha value is -0.590. The van der Waals surface area contributed by atoms with Crippen molar-refractivity contribution in [1.29, 1.82) is 0 Å². The van der Waals surface area contributed by atoms with E-state index in [4.69, 9.17) is 0 Å². The molecule has 0 spiro atoms. The van der Waals surface area contributed by atoms with Gasteiger partial charge in [0.1, 0.15) is 5.83 Å². The number of hydrogen-bond acceptors (Lipinski definition) is 0. The quantitative estimate of drug-likeness (QED) is 0.546. The Labute approximate surface area is 68.8 Å². The van der Waals surface area contributed by atoms with Crippen LogP contribution in [-0.4, -0.2) is 0 Å². The first-order chi connectivity index (χ1) is 5.04. The van der Waals surface area contributed by atoms with Crippen molar-refractivity contribution < 1.29 is 4.39 Å². The Kier molecular flexibility index (Phi) is 4.84. The number of allylic oxidation sites excluding steroid dienone is 4. The molecular weight excluding hydrogens is 139 g/mol. The fourth-order valence-corrected chi connectivity index (χ4v) is 0.562. The molecular formula is C10H17F. The van der Waals surface area contributed by atoms with E-state index in [-0.39, 0.29) is 11.7 Å². The van der Waals surface area contributed by atoms with Gasteiger partial charge < -0.3 is 0 Å². The first kappa shape index (κ1) is 10.4. The molecule has 0 aliphatic carbocycles. The molecule has 0 saturated carbocycles. The van der Waals surface area contributed by atoms with Gasteiger partial charge >= 0.3 is 0 Å². The maximum absolute atomic E-state index is 12.8. The zero-order valence-electron chi connectivity index (χ0n) is 7.76. The van der Waals surface area contributed by atoms with Crippen molar-refractivity contribution in [2.45, 2.75) is 27.7 Å². The van der Waals surface area contributed by atoms with Gasteiger partial charge in [0.15, 0.2) is 0 Å². The van der Waals surface area contributed by atoms with Gasteiger partial charge in [-0.3, -0.25) is 0 Å². The van der Waals surface area contributed by atoms with Crippen LogP contribution in [0.4, 0.5) is 4.39 Å². The maximum atomic E-state index is 12.8. The monoisotopic (exact) mass is 156 g/mol. The summed E-state index contributed by atoms with van der Waals surface area (Å²) in [7, 11) is 0. The second-order valence-electron chi connectivity index (χ2n) is 3.34. The van der Waals surface area contributed by atoms with Gasteiger partial charge in [-0.2, -0.15) is 0 Å². The predicted octanol–water partition coefficient (Wildman–Crippen LogP) is 3.71. The highest BCUT2D eigenvalue weighted by atomic mass is 19.1. The highest BCUT2D eigenvalue weighted by Crippen LogP contribution is 2.10. The molecule has 0 aromatic rings. The maximum Gasteiger partial charge on any atom is 0.102 e. The molecule has 0 aromatic heterocycles. The summed E-state index contributed by atoms with van der Waals surface area (Å²) in [6.45, 7) is 7.82. The van der Waals surface area contributed by atoms with Crippen LogP contribution >= 0.6 is 0 Å². The average Bonchev–Trinajstić information content (AvgIpc) is 1.86. The number of hydrogen-bond donors (Lipinski definition) is 0. The highest BCUT2D eigenvalue weighted by Gasteiger charge is 1.97. The van der Waals surface area contributed by atoms with Gasteiger partial charge in [0, 0.05) is 5.92 Å². The van der Waals surface area contributed by atoms with Crippen molar-refractivity contribution >= 4 is 0 Å². The average molecular weight is 156 g/mol. The normalized spacial score (nSPS) is 13.9. The van der Waals surface area contributed by atoms with Gasteiger partial charge in [0.25, 0.3) is 0 Å². The molecule has 0 fully saturated rings. The minimum atomic E-state index is -0.0538. The van der Waals surface area contributed by atoms with E-state index in [0.717, 1.165) is 0 Å². The van der Waals surface area contributed by atoms with Crippen LogP contribution < -0.4 is 0 Å². The second kappa shape index (κ2) is 5.11. The summed E-state index contributed by atoms with van der Waals surface area (Å²) in [5.41, 5.74) is 0. The minimum Gasteiger partial charge on any atom is -0.212 e. The van der Waals surface area contributed by atoms with E-state index in [1.54, 1.807) is 6.08 Å². The van der Waals surface area contributed by atoms with Gasteiger partial charge in [0.2, 0.25) is 0 Å². The van der Waals surface area contributed by atoms with E-state index in [2.05, 4.69) is 13.8 Å². The molecule has 0 saturated heterocycles. The fourth-order valence-electron chi connectivity index (χ4n) is 0.562. The lowest BCUT2D eigenvalue weighted by atomic mass is 10.1. The first-order valence-corrected chi connectivity index (χ1v) is 4.08. The van der Waals surface area contributed by atoms with E-state index < -0.39 is 0 Å². The van der Waals surface area contributed by atoms with Gasteiger partial charge in [-0.15, -0.1) is 0 Å². The molecule has 0 amide bonds. The third-order valence-corrected chi connectivity index (χ3v) is 1.30. The molecule has 0 nitrogen and oxygen atoms in total. The molecule has 0 aliphatic rings. The molecule has 0 bridgehead atoms. The topological polar surface area (TPSA) is 0 Å². The molecule has 0 aliphatic heterocycles. The van der Waals surface area contributed by atoms with Gasteiger partial charge in [-0.25, -0.2) is 4.39 Å². The van der Waals surface area contributed by atoms with Crippen molar-refractivity contribution in [1.82, 2.24) is 0 Å². The third kappa shape index (κ3) is 5.84. The lowest BCUT2D eigenvalue weighted by Gasteiger charge is -1.97. The van der Waals surface area contributed by atoms with Gasteiger partial charge in [0.05, 0.1) is 0 Å². The summed E-state index contributed by atoms with van der Waals surface area (Å²) in [5, 5.41) is 0. The molecule has 0 N–H and O–H groups in total. The Balaban J connectivity index is 3.91. The van der Waals surface area contributed by atoms with Crippen LogP contribution in [0.15, 0.2) is 24.1 Å². The van der Waals surface area contributed by atoms with Crippen LogP contribution in [0.5, 0.6) is 0 Å². The molecule has 0 aromatic carbocycles. The van der Waals surface area contributed by atoms with E-state index in [1.165, 1.54) is 6.08 Å². The van der Waals surface area contributed by atoms with E-state index in [1.807, 2.05) is 19.9 Å². The smallest absolute Gasteiger partial charge is 0.102 e. The summed E-state index contributed by atoms with van der Waals surface area (Å²) in [5.74, 6) is 0.444. The number of rotatable bonds is 3. The predicted molar refractivity (Wildman–Crippen MR) is 48.0 cm³/mol. The van der Waals surface area contributed by atoms with Crippen LogP contribution in [0, 0.1) is 11.8 Å². The van der Waals surface area contributed by atoms with Crippen molar-refractivity contribution in [2.75, 3.05) is 0 Å². The zero-order valence-corrected chi connectivity index (χ0v) is 7.76. The molecule has 11 heavy (non-hydrogen) atoms. The summed E-state index contributed by atoms with van der Waals surface area (Å²) < 4.78 is 12.8. The Morgan fingerprint density at radius 2 is 1.73 bits per heavy atom. The van der Waals surface area contributed by atoms with Crippen LogP contribution in [0.3, 0.4) is 0 Å². The molecule has 0 unspecified atom stereocenters. The molecule has 0 heterocycles. The number of halogens is 1. The first-order valence-electron chi connectivity index (χ1n) is 4.08. The van der Waals surface area contributed by atoms with Crippen molar-refractivity contribution in [3.8, 4) is 0 Å². The lowest BCUT2D eigenvalue weighted by molar-refractivity contribution is 0.520. The van der Waals surface area contributed by atoms with Crippen molar-refractivity contribution in [2.24, 2.45) is 11.8 Å². The second-order valence-corrected chi connectivity index (χ2v) is 3.34. The van der Waals surface area contributed by atoms with Crippen molar-refractivity contribution in [3.63, 3.8) is 0 Å². The summed E-state index contributed by atoms with van der Waals surface area (Å²) >= 11 is 0. The summed E-state index contributed by atoms with van der Waals surface area (Å²) in [6, 6.07) is 0.